The molecule has 3 rings (SSSR count). The zero-order valence-corrected chi connectivity index (χ0v) is 13.9. The summed E-state index contributed by atoms with van der Waals surface area (Å²) in [5.74, 6) is 0.112. The number of nitrogens with zero attached hydrogens (tertiary/aromatic N) is 1. The molecule has 1 heterocycles. The fourth-order valence-electron chi connectivity index (χ4n) is 3.33. The van der Waals surface area contributed by atoms with Gasteiger partial charge in [-0.2, -0.15) is 13.6 Å². The van der Waals surface area contributed by atoms with Gasteiger partial charge >= 0.3 is 10.3 Å². The number of hydrogen-bond donors (Lipinski definition) is 1. The monoisotopic (exact) mass is 336 g/mol. The molecule has 0 spiro atoms. The molecule has 0 radical (unpaired) electrons. The molecule has 0 amide bonds. The molecule has 2 aromatic rings. The fraction of sp³-hybridized carbons (Fsp3) is 0.438. The maximum absolute atomic E-state index is 12.7. The smallest absolute Gasteiger partial charge is 0.371 e. The number of rotatable bonds is 2. The summed E-state index contributed by atoms with van der Waals surface area (Å²) in [4.78, 5) is 12.7. The number of pyridine rings is 1. The number of nitrogens with two attached hydrogens (primary N) is 1. The number of aryl methyl sites for hydroxylation is 2. The molecule has 1 aromatic heterocycles. The van der Waals surface area contributed by atoms with E-state index < -0.39 is 10.3 Å². The third kappa shape index (κ3) is 3.25. The first-order valence-corrected chi connectivity index (χ1v) is 9.20. The summed E-state index contributed by atoms with van der Waals surface area (Å²) in [6.07, 6.45) is 6.08. The molecule has 23 heavy (non-hydrogen) atoms. The first kappa shape index (κ1) is 16.0. The van der Waals surface area contributed by atoms with E-state index >= 15 is 0 Å². The zero-order chi connectivity index (χ0) is 16.6. The molecule has 0 bridgehead atoms. The van der Waals surface area contributed by atoms with Crippen molar-refractivity contribution >= 4 is 21.2 Å². The Morgan fingerprint density at radius 1 is 1.09 bits per heavy atom. The van der Waals surface area contributed by atoms with Gasteiger partial charge in [0.05, 0.1) is 5.52 Å². The average molecular weight is 336 g/mol. The van der Waals surface area contributed by atoms with Gasteiger partial charge in [-0.05, 0) is 43.4 Å². The highest BCUT2D eigenvalue weighted by molar-refractivity contribution is 7.84. The van der Waals surface area contributed by atoms with Gasteiger partial charge in [-0.25, -0.2) is 0 Å². The highest BCUT2D eigenvalue weighted by Crippen LogP contribution is 2.28. The minimum Gasteiger partial charge on any atom is -0.371 e. The molecule has 1 aromatic carbocycles. The van der Waals surface area contributed by atoms with Gasteiger partial charge in [-0.15, -0.1) is 0 Å². The van der Waals surface area contributed by atoms with Crippen LogP contribution in [0.1, 0.15) is 36.8 Å². The minimum atomic E-state index is -4.08. The summed E-state index contributed by atoms with van der Waals surface area (Å²) in [6.45, 7) is 0. The Balaban J connectivity index is 2.23. The Hall–Kier alpha value is -1.86. The van der Waals surface area contributed by atoms with Crippen LogP contribution in [0.15, 0.2) is 23.0 Å². The second-order valence-corrected chi connectivity index (χ2v) is 7.14. The Morgan fingerprint density at radius 3 is 2.39 bits per heavy atom. The van der Waals surface area contributed by atoms with Crippen molar-refractivity contribution in [3.05, 3.63) is 39.7 Å². The van der Waals surface area contributed by atoms with Gasteiger partial charge < -0.3 is 8.75 Å². The van der Waals surface area contributed by atoms with E-state index in [9.17, 15) is 13.2 Å². The fourth-order valence-corrected chi connectivity index (χ4v) is 3.71. The molecular formula is C16H20N2O4S. The van der Waals surface area contributed by atoms with Crippen molar-refractivity contribution in [1.82, 2.24) is 4.57 Å². The van der Waals surface area contributed by atoms with E-state index in [1.165, 1.54) is 6.42 Å². The van der Waals surface area contributed by atoms with E-state index in [1.54, 1.807) is 23.7 Å². The van der Waals surface area contributed by atoms with Crippen LogP contribution in [0, 0.1) is 0 Å². The van der Waals surface area contributed by atoms with Crippen molar-refractivity contribution in [3.8, 4) is 5.75 Å². The van der Waals surface area contributed by atoms with Gasteiger partial charge in [-0.1, -0.05) is 12.8 Å². The molecule has 7 heteroatoms. The molecular weight excluding hydrogens is 316 g/mol. The van der Waals surface area contributed by atoms with Crippen molar-refractivity contribution in [1.29, 1.82) is 0 Å². The van der Waals surface area contributed by atoms with Crippen LogP contribution in [0.4, 0.5) is 0 Å². The lowest BCUT2D eigenvalue weighted by Crippen LogP contribution is -2.25. The Labute approximate surface area is 135 Å². The quantitative estimate of drug-likeness (QED) is 0.905. The number of benzene rings is 1. The molecule has 0 unspecified atom stereocenters. The summed E-state index contributed by atoms with van der Waals surface area (Å²) in [6, 6.07) is 4.95. The summed E-state index contributed by atoms with van der Waals surface area (Å²) in [7, 11) is -2.39. The van der Waals surface area contributed by atoms with Crippen LogP contribution in [-0.2, 0) is 30.2 Å². The number of fused-ring (bicyclic) bond motifs is 3. The Morgan fingerprint density at radius 2 is 1.74 bits per heavy atom. The van der Waals surface area contributed by atoms with Crippen LogP contribution in [0.5, 0.6) is 5.75 Å². The maximum Gasteiger partial charge on any atom is 0.380 e. The predicted octanol–water partition coefficient (Wildman–Crippen LogP) is 1.78. The minimum absolute atomic E-state index is 0.0119. The second-order valence-electron chi connectivity index (χ2n) is 5.99. The molecule has 0 aliphatic heterocycles. The van der Waals surface area contributed by atoms with Crippen molar-refractivity contribution in [2.45, 2.75) is 38.5 Å². The van der Waals surface area contributed by atoms with E-state index in [0.29, 0.717) is 5.52 Å². The molecule has 6 nitrogen and oxygen atoms in total. The topological polar surface area (TPSA) is 91.4 Å². The second kappa shape index (κ2) is 5.98. The van der Waals surface area contributed by atoms with Crippen LogP contribution in [-0.4, -0.2) is 13.0 Å². The summed E-state index contributed by atoms with van der Waals surface area (Å²) < 4.78 is 28.5. The van der Waals surface area contributed by atoms with Crippen LogP contribution >= 0.6 is 0 Å². The zero-order valence-electron chi connectivity index (χ0n) is 13.0. The van der Waals surface area contributed by atoms with E-state index in [1.807, 2.05) is 6.07 Å². The highest BCUT2D eigenvalue weighted by Gasteiger charge is 2.17. The van der Waals surface area contributed by atoms with E-state index in [0.717, 1.165) is 48.6 Å². The van der Waals surface area contributed by atoms with E-state index in [4.69, 9.17) is 9.32 Å². The lowest BCUT2D eigenvalue weighted by molar-refractivity contribution is 0.488. The van der Waals surface area contributed by atoms with Crippen LogP contribution in [0.3, 0.4) is 0 Å². The third-order valence-electron chi connectivity index (χ3n) is 4.40. The first-order valence-electron chi connectivity index (χ1n) is 7.73. The van der Waals surface area contributed by atoms with Gasteiger partial charge in [0.15, 0.2) is 0 Å². The molecule has 2 N–H and O–H groups in total. The lowest BCUT2D eigenvalue weighted by Gasteiger charge is -2.18. The third-order valence-corrected chi connectivity index (χ3v) is 4.82. The van der Waals surface area contributed by atoms with Gasteiger partial charge in [0, 0.05) is 24.1 Å². The van der Waals surface area contributed by atoms with Gasteiger partial charge in [0.25, 0.3) is 5.56 Å². The summed E-state index contributed by atoms with van der Waals surface area (Å²) >= 11 is 0. The highest BCUT2D eigenvalue weighted by atomic mass is 32.2. The van der Waals surface area contributed by atoms with Crippen LogP contribution in [0.2, 0.25) is 0 Å². The predicted molar refractivity (Wildman–Crippen MR) is 88.8 cm³/mol. The van der Waals surface area contributed by atoms with Crippen molar-refractivity contribution < 1.29 is 12.6 Å². The van der Waals surface area contributed by atoms with Crippen LogP contribution < -0.4 is 14.9 Å². The standard InChI is InChI=1S/C16H20N2O4S/c1-18-15-10-11(22-23(17,20)21)8-9-13(15)12-6-4-2-3-5-7-14(12)16(18)19/h8-10H,2-7H2,1H3,(H2,17,20,21). The summed E-state index contributed by atoms with van der Waals surface area (Å²) in [5, 5.41) is 5.89. The molecule has 0 saturated heterocycles. The summed E-state index contributed by atoms with van der Waals surface area (Å²) in [5.41, 5.74) is 2.63. The Bertz CT molecular complexity index is 916. The van der Waals surface area contributed by atoms with E-state index in [-0.39, 0.29) is 11.3 Å². The maximum atomic E-state index is 12.7. The van der Waals surface area contributed by atoms with Gasteiger partial charge in [0.1, 0.15) is 5.75 Å². The van der Waals surface area contributed by atoms with Gasteiger partial charge in [0.2, 0.25) is 0 Å². The van der Waals surface area contributed by atoms with Crippen molar-refractivity contribution in [2.24, 2.45) is 12.2 Å². The SMILES string of the molecule is Cn1c(=O)c2c(c3ccc(OS(N)(=O)=O)cc31)CCCCCC2. The van der Waals surface area contributed by atoms with Crippen LogP contribution in [0.25, 0.3) is 10.9 Å². The number of aromatic nitrogens is 1. The Kier molecular flexibility index (Phi) is 4.16. The molecule has 1 aliphatic rings. The first-order chi connectivity index (χ1) is 10.9. The molecule has 0 atom stereocenters. The van der Waals surface area contributed by atoms with Crippen molar-refractivity contribution in [3.63, 3.8) is 0 Å². The lowest BCUT2D eigenvalue weighted by atomic mass is 9.91. The molecule has 124 valence electrons. The average Bonchev–Trinajstić information content (AvgIpc) is 2.43. The van der Waals surface area contributed by atoms with Crippen molar-refractivity contribution in [2.75, 3.05) is 0 Å². The molecule has 0 fully saturated rings. The van der Waals surface area contributed by atoms with Gasteiger partial charge in [-0.3, -0.25) is 4.79 Å². The van der Waals surface area contributed by atoms with E-state index in [2.05, 4.69) is 0 Å². The number of hydrogen-bond acceptors (Lipinski definition) is 4. The molecule has 1 aliphatic carbocycles. The largest absolute Gasteiger partial charge is 0.380 e. The molecule has 0 saturated carbocycles. The normalized spacial score (nSPS) is 15.7.